The Bertz CT molecular complexity index is 733. The molecule has 0 aliphatic rings. The van der Waals surface area contributed by atoms with E-state index < -0.39 is 29.9 Å². The molecular formula is C17H14Cl2FNO4. The molecule has 0 bridgehead atoms. The predicted molar refractivity (Wildman–Crippen MR) is 91.6 cm³/mol. The van der Waals surface area contributed by atoms with Crippen LogP contribution >= 0.6 is 23.2 Å². The van der Waals surface area contributed by atoms with E-state index in [1.54, 1.807) is 24.3 Å². The summed E-state index contributed by atoms with van der Waals surface area (Å²) in [6.07, 6.45) is 0. The minimum Gasteiger partial charge on any atom is -0.492 e. The van der Waals surface area contributed by atoms with E-state index in [4.69, 9.17) is 32.7 Å². The van der Waals surface area contributed by atoms with Crippen molar-refractivity contribution in [1.82, 2.24) is 5.32 Å². The Morgan fingerprint density at radius 1 is 1.08 bits per heavy atom. The average Bonchev–Trinajstić information content (AvgIpc) is 2.58. The molecule has 2 aromatic rings. The number of halogens is 3. The number of carbonyl (C=O) groups excluding carboxylic acids is 2. The Morgan fingerprint density at radius 3 is 2.48 bits per heavy atom. The molecule has 0 unspecified atom stereocenters. The number of esters is 1. The largest absolute Gasteiger partial charge is 0.492 e. The van der Waals surface area contributed by atoms with E-state index in [9.17, 15) is 14.0 Å². The lowest BCUT2D eigenvalue weighted by molar-refractivity contribution is -0.124. The van der Waals surface area contributed by atoms with E-state index in [0.717, 1.165) is 6.07 Å². The lowest BCUT2D eigenvalue weighted by atomic mass is 10.2. The van der Waals surface area contributed by atoms with Gasteiger partial charge >= 0.3 is 5.97 Å². The monoisotopic (exact) mass is 385 g/mol. The van der Waals surface area contributed by atoms with Gasteiger partial charge in [-0.15, -0.1) is 0 Å². The van der Waals surface area contributed by atoms with Gasteiger partial charge in [0, 0.05) is 5.02 Å². The minimum atomic E-state index is -1.00. The van der Waals surface area contributed by atoms with Crippen LogP contribution in [0.5, 0.6) is 5.75 Å². The van der Waals surface area contributed by atoms with Crippen LogP contribution in [0.25, 0.3) is 0 Å². The van der Waals surface area contributed by atoms with Crippen molar-refractivity contribution in [3.05, 3.63) is 63.9 Å². The van der Waals surface area contributed by atoms with Crippen LogP contribution in [0, 0.1) is 5.82 Å². The fraction of sp³-hybridized carbons (Fsp3) is 0.176. The summed E-state index contributed by atoms with van der Waals surface area (Å²) in [5, 5.41) is 3.02. The van der Waals surface area contributed by atoms with Gasteiger partial charge < -0.3 is 14.8 Å². The summed E-state index contributed by atoms with van der Waals surface area (Å²) in [6, 6.07) is 10.6. The molecule has 0 saturated heterocycles. The van der Waals surface area contributed by atoms with E-state index in [2.05, 4.69) is 5.32 Å². The van der Waals surface area contributed by atoms with Crippen LogP contribution in [0.1, 0.15) is 10.4 Å². The van der Waals surface area contributed by atoms with Crippen molar-refractivity contribution in [2.24, 2.45) is 0 Å². The smallest absolute Gasteiger partial charge is 0.343 e. The SMILES string of the molecule is O=C(COC(=O)c1c(F)cccc1Cl)NCCOc1ccc(Cl)cc1. The first-order chi connectivity index (χ1) is 12.0. The molecule has 0 heterocycles. The highest BCUT2D eigenvalue weighted by molar-refractivity contribution is 6.33. The highest BCUT2D eigenvalue weighted by Gasteiger charge is 2.18. The Hall–Kier alpha value is -2.31. The summed E-state index contributed by atoms with van der Waals surface area (Å²) < 4.78 is 23.7. The molecule has 5 nitrogen and oxygen atoms in total. The van der Waals surface area contributed by atoms with Gasteiger partial charge in [-0.3, -0.25) is 4.79 Å². The van der Waals surface area contributed by atoms with E-state index >= 15 is 0 Å². The van der Waals surface area contributed by atoms with Gasteiger partial charge in [-0.25, -0.2) is 9.18 Å². The summed E-state index contributed by atoms with van der Waals surface area (Å²) in [5.74, 6) is -1.75. The number of amides is 1. The molecule has 2 aromatic carbocycles. The summed E-state index contributed by atoms with van der Waals surface area (Å²) in [5.41, 5.74) is -0.400. The molecule has 0 aliphatic carbocycles. The van der Waals surface area contributed by atoms with Gasteiger partial charge in [0.15, 0.2) is 6.61 Å². The maximum atomic E-state index is 13.5. The van der Waals surface area contributed by atoms with E-state index in [0.29, 0.717) is 10.8 Å². The van der Waals surface area contributed by atoms with Crippen LogP contribution < -0.4 is 10.1 Å². The molecule has 0 spiro atoms. The first-order valence-corrected chi connectivity index (χ1v) is 7.99. The minimum absolute atomic E-state index is 0.0817. The Balaban J connectivity index is 1.70. The molecule has 1 amide bonds. The topological polar surface area (TPSA) is 64.6 Å². The van der Waals surface area contributed by atoms with Gasteiger partial charge in [-0.05, 0) is 36.4 Å². The first-order valence-electron chi connectivity index (χ1n) is 7.23. The predicted octanol–water partition coefficient (Wildman–Crippen LogP) is 3.48. The normalized spacial score (nSPS) is 10.2. The number of ether oxygens (including phenoxy) is 2. The van der Waals surface area contributed by atoms with Crippen molar-refractivity contribution in [3.8, 4) is 5.75 Å². The Labute approximate surface area is 153 Å². The molecule has 25 heavy (non-hydrogen) atoms. The quantitative estimate of drug-likeness (QED) is 0.585. The molecule has 1 N–H and O–H groups in total. The lowest BCUT2D eigenvalue weighted by Gasteiger charge is -2.09. The van der Waals surface area contributed by atoms with Gasteiger partial charge in [0.25, 0.3) is 5.91 Å². The summed E-state index contributed by atoms with van der Waals surface area (Å²) in [6.45, 7) is -0.121. The zero-order valence-corrected chi connectivity index (χ0v) is 14.4. The van der Waals surface area contributed by atoms with Gasteiger partial charge in [-0.2, -0.15) is 0 Å². The second kappa shape index (κ2) is 9.25. The van der Waals surface area contributed by atoms with Crippen molar-refractivity contribution in [2.45, 2.75) is 0 Å². The molecule has 0 radical (unpaired) electrons. The van der Waals surface area contributed by atoms with Crippen LogP contribution in [-0.4, -0.2) is 31.6 Å². The molecule has 0 saturated carbocycles. The van der Waals surface area contributed by atoms with Gasteiger partial charge in [-0.1, -0.05) is 29.3 Å². The fourth-order valence-corrected chi connectivity index (χ4v) is 2.20. The zero-order valence-electron chi connectivity index (χ0n) is 12.9. The third-order valence-corrected chi connectivity index (χ3v) is 3.57. The molecule has 0 atom stereocenters. The fourth-order valence-electron chi connectivity index (χ4n) is 1.84. The number of carbonyl (C=O) groups is 2. The molecule has 8 heteroatoms. The number of rotatable bonds is 7. The zero-order chi connectivity index (χ0) is 18.2. The summed E-state index contributed by atoms with van der Waals surface area (Å²) >= 11 is 11.5. The van der Waals surface area contributed by atoms with Gasteiger partial charge in [0.05, 0.1) is 11.6 Å². The van der Waals surface area contributed by atoms with Crippen molar-refractivity contribution in [2.75, 3.05) is 19.8 Å². The molecular weight excluding hydrogens is 372 g/mol. The highest BCUT2D eigenvalue weighted by Crippen LogP contribution is 2.19. The maximum Gasteiger partial charge on any atom is 0.343 e. The van der Waals surface area contributed by atoms with Crippen LogP contribution in [-0.2, 0) is 9.53 Å². The van der Waals surface area contributed by atoms with Crippen LogP contribution in [0.4, 0.5) is 4.39 Å². The van der Waals surface area contributed by atoms with Crippen LogP contribution in [0.3, 0.4) is 0 Å². The molecule has 0 aromatic heterocycles. The first kappa shape index (κ1) is 19.0. The van der Waals surface area contributed by atoms with Crippen molar-refractivity contribution in [3.63, 3.8) is 0 Å². The highest BCUT2D eigenvalue weighted by atomic mass is 35.5. The maximum absolute atomic E-state index is 13.5. The Kier molecular flexibility index (Phi) is 7.03. The number of nitrogens with one attached hydrogen (secondary N) is 1. The van der Waals surface area contributed by atoms with Crippen molar-refractivity contribution >= 4 is 35.1 Å². The molecule has 0 aliphatic heterocycles. The van der Waals surface area contributed by atoms with Crippen molar-refractivity contribution in [1.29, 1.82) is 0 Å². The van der Waals surface area contributed by atoms with Crippen molar-refractivity contribution < 1.29 is 23.5 Å². The number of hydrogen-bond donors (Lipinski definition) is 1. The van der Waals surface area contributed by atoms with E-state index in [1.165, 1.54) is 12.1 Å². The Morgan fingerprint density at radius 2 is 1.80 bits per heavy atom. The third-order valence-electron chi connectivity index (χ3n) is 3.01. The molecule has 0 fully saturated rings. The third kappa shape index (κ3) is 5.92. The summed E-state index contributed by atoms with van der Waals surface area (Å²) in [7, 11) is 0. The van der Waals surface area contributed by atoms with Crippen LogP contribution in [0.15, 0.2) is 42.5 Å². The number of hydrogen-bond acceptors (Lipinski definition) is 4. The lowest BCUT2D eigenvalue weighted by Crippen LogP contribution is -2.32. The molecule has 132 valence electrons. The average molecular weight is 386 g/mol. The standard InChI is InChI=1S/C17H14Cl2FNO4/c18-11-4-6-12(7-5-11)24-9-8-21-15(22)10-25-17(23)16-13(19)2-1-3-14(16)20/h1-7H,8-10H2,(H,21,22). The summed E-state index contributed by atoms with van der Waals surface area (Å²) in [4.78, 5) is 23.4. The number of benzene rings is 2. The second-order valence-corrected chi connectivity index (χ2v) is 5.67. The van der Waals surface area contributed by atoms with Gasteiger partial charge in [0.1, 0.15) is 23.7 Å². The second-order valence-electron chi connectivity index (χ2n) is 4.83. The van der Waals surface area contributed by atoms with E-state index in [1.807, 2.05) is 0 Å². The van der Waals surface area contributed by atoms with Crippen LogP contribution in [0.2, 0.25) is 10.0 Å². The molecule has 2 rings (SSSR count). The van der Waals surface area contributed by atoms with E-state index in [-0.39, 0.29) is 18.2 Å². The van der Waals surface area contributed by atoms with Gasteiger partial charge in [0.2, 0.25) is 0 Å².